The number of aliphatic hydroxyl groups is 1. The zero-order valence-corrected chi connectivity index (χ0v) is 38.8. The van der Waals surface area contributed by atoms with Gasteiger partial charge in [0.15, 0.2) is 5.96 Å². The number of hydrogen-bond acceptors (Lipinski definition) is 16. The van der Waals surface area contributed by atoms with Gasteiger partial charge in [-0.15, -0.1) is 0 Å². The van der Waals surface area contributed by atoms with Gasteiger partial charge in [-0.05, 0) is 51.4 Å². The first-order valence-corrected chi connectivity index (χ1v) is 21.6. The maximum atomic E-state index is 13.6. The van der Waals surface area contributed by atoms with Gasteiger partial charge in [0.25, 0.3) is 0 Å². The normalized spacial score (nSPS) is 14.2. The van der Waals surface area contributed by atoms with E-state index in [-0.39, 0.29) is 37.7 Å². The van der Waals surface area contributed by atoms with Crippen LogP contribution in [-0.2, 0) is 62.3 Å². The Bertz CT molecular complexity index is 1930. The third-order valence-electron chi connectivity index (χ3n) is 9.59. The molecule has 0 rings (SSSR count). The molecule has 70 heavy (non-hydrogen) atoms. The van der Waals surface area contributed by atoms with Crippen molar-refractivity contribution in [2.75, 3.05) is 19.7 Å². The van der Waals surface area contributed by atoms with Crippen LogP contribution < -0.4 is 71.2 Å². The van der Waals surface area contributed by atoms with E-state index < -0.39 is 183 Å². The lowest BCUT2D eigenvalue weighted by Gasteiger charge is -2.27. The minimum atomic E-state index is -2.00. The number of amides is 10. The lowest BCUT2D eigenvalue weighted by atomic mass is 10.0. The van der Waals surface area contributed by atoms with Crippen LogP contribution in [0.25, 0.3) is 0 Å². The largest absolute Gasteiger partial charge is 0.481 e. The van der Waals surface area contributed by atoms with Crippen LogP contribution in [-0.4, -0.2) is 171 Å². The second-order valence-electron chi connectivity index (χ2n) is 16.1. The summed E-state index contributed by atoms with van der Waals surface area (Å²) >= 11 is 0. The first-order chi connectivity index (χ1) is 32.6. The smallest absolute Gasteiger partial charge is 0.303 e. The lowest BCUT2D eigenvalue weighted by molar-refractivity contribution is -0.140. The molecule has 0 spiro atoms. The van der Waals surface area contributed by atoms with E-state index in [9.17, 15) is 82.8 Å². The van der Waals surface area contributed by atoms with Crippen molar-refractivity contribution in [1.29, 1.82) is 0 Å². The Kier molecular flexibility index (Phi) is 28.6. The Morgan fingerprint density at radius 1 is 0.486 bits per heavy atom. The molecule has 0 aromatic heterocycles. The number of hydrogen-bond donors (Lipinski definition) is 17. The molecule has 0 aliphatic rings. The number of nitrogens with two attached hydrogens (primary N) is 5. The number of aliphatic carboxylic acids is 3. The van der Waals surface area contributed by atoms with Crippen LogP contribution in [0.3, 0.4) is 0 Å². The molecule has 0 radical (unpaired) electrons. The number of carboxylic acid groups (broad SMARTS) is 3. The van der Waals surface area contributed by atoms with Gasteiger partial charge >= 0.3 is 17.9 Å². The zero-order chi connectivity index (χ0) is 53.8. The molecule has 0 heterocycles. The summed E-state index contributed by atoms with van der Waals surface area (Å²) in [5.41, 5.74) is 26.5. The average Bonchev–Trinajstić information content (AvgIpc) is 3.26. The zero-order valence-electron chi connectivity index (χ0n) is 38.8. The fourth-order valence-electron chi connectivity index (χ4n) is 6.00. The van der Waals surface area contributed by atoms with E-state index >= 15 is 0 Å². The molecule has 8 atom stereocenters. The van der Waals surface area contributed by atoms with Crippen molar-refractivity contribution in [3.63, 3.8) is 0 Å². The van der Waals surface area contributed by atoms with Crippen molar-refractivity contribution in [1.82, 2.24) is 42.5 Å². The maximum absolute atomic E-state index is 13.6. The first kappa shape index (κ1) is 62.3. The molecular weight excluding hydrogens is 937 g/mol. The summed E-state index contributed by atoms with van der Waals surface area (Å²) < 4.78 is 0. The molecule has 0 bridgehead atoms. The van der Waals surface area contributed by atoms with Crippen molar-refractivity contribution in [3.05, 3.63) is 0 Å². The highest BCUT2D eigenvalue weighted by Crippen LogP contribution is 2.10. The summed E-state index contributed by atoms with van der Waals surface area (Å²) in [5.74, 6) is -16.0. The minimum Gasteiger partial charge on any atom is -0.481 e. The number of guanidine groups is 1. The maximum Gasteiger partial charge on any atom is 0.303 e. The standard InChI is InChI=1S/C39H66N14O17/c1-17(2)13-23(51-35(67)20(6-9-28(57)58)48-32(64)18(3)46-27(56)15-40)36(68)53-25(16-54)38(70)52-24(14-26(41)55)37(69)50-22(8-11-30(61)62)34(66)49-21(7-10-29(59)60)33(65)47-19(31(42)63)5-4-12-45-39(43)44/h17-25,54H,4-16,40H2,1-3H3,(H2,41,55)(H2,42,63)(H,46,56)(H,47,65)(H,48,64)(H,49,66)(H,50,69)(H,51,67)(H,52,70)(H,53,68)(H,57,58)(H,59,60)(H,61,62)(H4,43,44,45)/t18-,19-,20-,21-,22-,23-,24-,25-/m0/s1. The van der Waals surface area contributed by atoms with E-state index in [1.54, 1.807) is 13.8 Å². The SMILES string of the molecule is CC(C)C[C@H](NC(=O)[C@H](CCC(=O)O)NC(=O)[C@H](C)NC(=O)CN)C(=O)N[C@@H](CO)C(=O)N[C@@H](CC(N)=O)C(=O)N[C@@H](CCC(=O)O)C(=O)N[C@@H](CCC(=O)O)C(=O)N[C@@H](CCCN=C(N)N)C(N)=O. The van der Waals surface area contributed by atoms with Gasteiger partial charge in [-0.3, -0.25) is 67.3 Å². The van der Waals surface area contributed by atoms with Crippen molar-refractivity contribution >= 4 is 82.9 Å². The van der Waals surface area contributed by atoms with Crippen molar-refractivity contribution in [2.45, 2.75) is 133 Å². The van der Waals surface area contributed by atoms with Crippen LogP contribution in [0.15, 0.2) is 4.99 Å². The predicted molar refractivity (Wildman–Crippen MR) is 240 cm³/mol. The van der Waals surface area contributed by atoms with E-state index in [1.807, 2.05) is 0 Å². The van der Waals surface area contributed by atoms with Crippen LogP contribution in [0.1, 0.15) is 85.0 Å². The summed E-state index contributed by atoms with van der Waals surface area (Å²) in [7, 11) is 0. The van der Waals surface area contributed by atoms with Gasteiger partial charge in [-0.1, -0.05) is 13.8 Å². The fraction of sp³-hybridized carbons (Fsp3) is 0.641. The summed E-state index contributed by atoms with van der Waals surface area (Å²) in [5, 5.41) is 55.8. The molecule has 0 fully saturated rings. The quantitative estimate of drug-likeness (QED) is 0.0159. The summed E-state index contributed by atoms with van der Waals surface area (Å²) in [6, 6.07) is -13.2. The van der Waals surface area contributed by atoms with E-state index in [2.05, 4.69) is 47.5 Å². The number of primary amides is 2. The number of rotatable bonds is 35. The number of carbonyl (C=O) groups is 13. The Hall–Kier alpha value is -7.70. The summed E-state index contributed by atoms with van der Waals surface area (Å²) in [6.45, 7) is 2.91. The van der Waals surface area contributed by atoms with Gasteiger partial charge in [0.05, 0.1) is 19.6 Å². The van der Waals surface area contributed by atoms with E-state index in [0.29, 0.717) is 0 Å². The number of nitrogens with one attached hydrogen (secondary N) is 8. The molecule has 0 saturated heterocycles. The number of aliphatic hydroxyl groups excluding tert-OH is 1. The number of nitrogens with zero attached hydrogens (tertiary/aromatic N) is 1. The first-order valence-electron chi connectivity index (χ1n) is 21.6. The molecule has 394 valence electrons. The van der Waals surface area contributed by atoms with Crippen molar-refractivity contribution in [2.24, 2.45) is 39.6 Å². The van der Waals surface area contributed by atoms with Gasteiger partial charge in [0.1, 0.15) is 48.3 Å². The average molecular weight is 1000 g/mol. The van der Waals surface area contributed by atoms with Crippen LogP contribution >= 0.6 is 0 Å². The number of carboxylic acids is 3. The van der Waals surface area contributed by atoms with E-state index in [1.165, 1.54) is 6.92 Å². The molecule has 0 aliphatic carbocycles. The monoisotopic (exact) mass is 1000 g/mol. The molecule has 0 unspecified atom stereocenters. The van der Waals surface area contributed by atoms with Crippen molar-refractivity contribution < 1.29 is 82.8 Å². The lowest BCUT2D eigenvalue weighted by Crippen LogP contribution is -2.61. The Labute approximate surface area is 400 Å². The van der Waals surface area contributed by atoms with Gasteiger partial charge in [-0.25, -0.2) is 0 Å². The molecular formula is C39H66N14O17. The molecule has 0 aromatic rings. The third kappa shape index (κ3) is 26.0. The Morgan fingerprint density at radius 3 is 1.24 bits per heavy atom. The van der Waals surface area contributed by atoms with Crippen molar-refractivity contribution in [3.8, 4) is 0 Å². The van der Waals surface area contributed by atoms with E-state index in [0.717, 1.165) is 0 Å². The predicted octanol–water partition coefficient (Wildman–Crippen LogP) is -8.11. The van der Waals surface area contributed by atoms with Gasteiger partial charge in [-0.2, -0.15) is 0 Å². The molecule has 0 aromatic carbocycles. The van der Waals surface area contributed by atoms with Gasteiger partial charge in [0.2, 0.25) is 59.1 Å². The second-order valence-corrected chi connectivity index (χ2v) is 16.1. The van der Waals surface area contributed by atoms with Crippen LogP contribution in [0.5, 0.6) is 0 Å². The molecule has 31 nitrogen and oxygen atoms in total. The van der Waals surface area contributed by atoms with Crippen LogP contribution in [0.2, 0.25) is 0 Å². The summed E-state index contributed by atoms with van der Waals surface area (Å²) in [6.07, 6.45) is -5.04. The molecule has 31 heteroatoms. The van der Waals surface area contributed by atoms with E-state index in [4.69, 9.17) is 28.7 Å². The molecule has 0 aliphatic heterocycles. The topological polar surface area (TPSA) is 542 Å². The Balaban J connectivity index is 6.49. The molecule has 22 N–H and O–H groups in total. The highest BCUT2D eigenvalue weighted by molar-refractivity contribution is 5.99. The summed E-state index contributed by atoms with van der Waals surface area (Å²) in [4.78, 5) is 168. The molecule has 0 saturated carbocycles. The van der Waals surface area contributed by atoms with Crippen LogP contribution in [0, 0.1) is 5.92 Å². The Morgan fingerprint density at radius 2 is 0.857 bits per heavy atom. The number of carbonyl (C=O) groups excluding carboxylic acids is 10. The minimum absolute atomic E-state index is 0.0286. The second kappa shape index (κ2) is 32.1. The van der Waals surface area contributed by atoms with Gasteiger partial charge in [0, 0.05) is 25.8 Å². The fourth-order valence-corrected chi connectivity index (χ4v) is 6.00. The highest BCUT2D eigenvalue weighted by atomic mass is 16.4. The van der Waals surface area contributed by atoms with Crippen LogP contribution in [0.4, 0.5) is 0 Å². The van der Waals surface area contributed by atoms with Gasteiger partial charge < -0.3 is 91.6 Å². The highest BCUT2D eigenvalue weighted by Gasteiger charge is 2.35. The molecule has 10 amide bonds. The number of aliphatic imine (C=N–C) groups is 1. The third-order valence-corrected chi connectivity index (χ3v) is 9.59.